The highest BCUT2D eigenvalue weighted by Crippen LogP contribution is 2.34. The highest BCUT2D eigenvalue weighted by Gasteiger charge is 2.32. The molecule has 17 heavy (non-hydrogen) atoms. The van der Waals surface area contributed by atoms with E-state index in [1.54, 1.807) is 0 Å². The molecule has 2 fully saturated rings. The first-order valence-corrected chi connectivity index (χ1v) is 6.50. The molecule has 2 aliphatic heterocycles. The van der Waals surface area contributed by atoms with E-state index in [2.05, 4.69) is 22.4 Å². The lowest BCUT2D eigenvalue weighted by Gasteiger charge is -2.19. The third-order valence-corrected chi connectivity index (χ3v) is 3.79. The summed E-state index contributed by atoms with van der Waals surface area (Å²) in [5.41, 5.74) is 0. The Labute approximate surface area is 101 Å². The van der Waals surface area contributed by atoms with Gasteiger partial charge in [-0.2, -0.15) is 4.98 Å². The number of aromatic nitrogens is 2. The minimum Gasteiger partial charge on any atom is -0.368 e. The summed E-state index contributed by atoms with van der Waals surface area (Å²) in [5, 5.41) is 7.47. The molecule has 1 aromatic heterocycles. The fraction of sp³-hybridized carbons (Fsp3) is 0.833. The minimum atomic E-state index is 0.0120. The number of piperidine rings is 1. The average Bonchev–Trinajstić information content (AvgIpc) is 2.98. The van der Waals surface area contributed by atoms with E-state index in [4.69, 9.17) is 9.26 Å². The van der Waals surface area contributed by atoms with Crippen molar-refractivity contribution in [2.75, 3.05) is 19.7 Å². The molecule has 2 atom stereocenters. The largest absolute Gasteiger partial charge is 0.368 e. The molecule has 2 aliphatic rings. The molecule has 0 spiro atoms. The standard InChI is InChI=1S/C12H19N3O2/c1-8-4-7-16-10(8)12-14-11(15-17-12)9-2-5-13-6-3-9/h8-10,13H,2-7H2,1H3. The first kappa shape index (κ1) is 11.2. The molecule has 0 radical (unpaired) electrons. The van der Waals surface area contributed by atoms with Crippen molar-refractivity contribution in [3.8, 4) is 0 Å². The second-order valence-electron chi connectivity index (χ2n) is 5.07. The van der Waals surface area contributed by atoms with E-state index < -0.39 is 0 Å². The maximum absolute atomic E-state index is 5.64. The van der Waals surface area contributed by atoms with Gasteiger partial charge in [0.25, 0.3) is 5.89 Å². The van der Waals surface area contributed by atoms with Crippen LogP contribution in [0, 0.1) is 5.92 Å². The molecule has 0 amide bonds. The van der Waals surface area contributed by atoms with E-state index in [9.17, 15) is 0 Å². The van der Waals surface area contributed by atoms with E-state index >= 15 is 0 Å². The van der Waals surface area contributed by atoms with Gasteiger partial charge in [-0.1, -0.05) is 12.1 Å². The van der Waals surface area contributed by atoms with Crippen LogP contribution in [0.3, 0.4) is 0 Å². The number of nitrogens with zero attached hydrogens (tertiary/aromatic N) is 2. The van der Waals surface area contributed by atoms with Crippen LogP contribution in [0.1, 0.15) is 49.9 Å². The Morgan fingerprint density at radius 2 is 2.06 bits per heavy atom. The lowest BCUT2D eigenvalue weighted by molar-refractivity contribution is 0.0661. The van der Waals surface area contributed by atoms with Crippen molar-refractivity contribution in [2.45, 2.75) is 38.2 Å². The zero-order valence-corrected chi connectivity index (χ0v) is 10.2. The lowest BCUT2D eigenvalue weighted by atomic mass is 9.97. The van der Waals surface area contributed by atoms with E-state index in [1.165, 1.54) is 0 Å². The topological polar surface area (TPSA) is 60.2 Å². The van der Waals surface area contributed by atoms with E-state index in [0.717, 1.165) is 44.8 Å². The average molecular weight is 237 g/mol. The van der Waals surface area contributed by atoms with Crippen LogP contribution in [0.15, 0.2) is 4.52 Å². The van der Waals surface area contributed by atoms with Gasteiger partial charge in [0.15, 0.2) is 5.82 Å². The van der Waals surface area contributed by atoms with Gasteiger partial charge in [0.1, 0.15) is 6.10 Å². The number of hydrogen-bond donors (Lipinski definition) is 1. The van der Waals surface area contributed by atoms with Gasteiger partial charge < -0.3 is 14.6 Å². The molecule has 1 N–H and O–H groups in total. The smallest absolute Gasteiger partial charge is 0.256 e. The lowest BCUT2D eigenvalue weighted by Crippen LogP contribution is -2.27. The molecule has 0 aromatic carbocycles. The van der Waals surface area contributed by atoms with Crippen LogP contribution in [-0.2, 0) is 4.74 Å². The Balaban J connectivity index is 1.73. The van der Waals surface area contributed by atoms with Gasteiger partial charge >= 0.3 is 0 Å². The molecule has 0 aliphatic carbocycles. The van der Waals surface area contributed by atoms with Crippen molar-refractivity contribution < 1.29 is 9.26 Å². The van der Waals surface area contributed by atoms with E-state index in [-0.39, 0.29) is 6.10 Å². The van der Waals surface area contributed by atoms with Crippen molar-refractivity contribution in [1.29, 1.82) is 0 Å². The van der Waals surface area contributed by atoms with E-state index in [1.807, 2.05) is 0 Å². The summed E-state index contributed by atoms with van der Waals surface area (Å²) >= 11 is 0. The fourth-order valence-corrected chi connectivity index (χ4v) is 2.62. The summed E-state index contributed by atoms with van der Waals surface area (Å²) in [6, 6.07) is 0. The second-order valence-corrected chi connectivity index (χ2v) is 5.07. The summed E-state index contributed by atoms with van der Waals surface area (Å²) in [4.78, 5) is 4.54. The molecule has 3 rings (SSSR count). The van der Waals surface area contributed by atoms with Crippen LogP contribution in [0.2, 0.25) is 0 Å². The molecular formula is C12H19N3O2. The van der Waals surface area contributed by atoms with Crippen molar-refractivity contribution >= 4 is 0 Å². The quantitative estimate of drug-likeness (QED) is 0.847. The molecule has 5 heteroatoms. The molecule has 3 heterocycles. The maximum Gasteiger partial charge on any atom is 0.256 e. The molecular weight excluding hydrogens is 218 g/mol. The van der Waals surface area contributed by atoms with Gasteiger partial charge in [-0.05, 0) is 38.3 Å². The third kappa shape index (κ3) is 2.21. The molecule has 0 bridgehead atoms. The zero-order chi connectivity index (χ0) is 11.7. The summed E-state index contributed by atoms with van der Waals surface area (Å²) in [5.74, 6) is 2.47. The number of nitrogens with one attached hydrogen (secondary N) is 1. The van der Waals surface area contributed by atoms with Gasteiger partial charge in [0.05, 0.1) is 0 Å². The molecule has 94 valence electrons. The van der Waals surface area contributed by atoms with Crippen molar-refractivity contribution in [3.05, 3.63) is 11.7 Å². The van der Waals surface area contributed by atoms with Crippen LogP contribution in [0.5, 0.6) is 0 Å². The van der Waals surface area contributed by atoms with Gasteiger partial charge in [0.2, 0.25) is 0 Å². The van der Waals surface area contributed by atoms with Crippen LogP contribution in [0.25, 0.3) is 0 Å². The van der Waals surface area contributed by atoms with Gasteiger partial charge in [-0.15, -0.1) is 0 Å². The monoisotopic (exact) mass is 237 g/mol. The second kappa shape index (κ2) is 4.74. The van der Waals surface area contributed by atoms with Crippen molar-refractivity contribution in [2.24, 2.45) is 5.92 Å². The van der Waals surface area contributed by atoms with Crippen LogP contribution < -0.4 is 5.32 Å². The Hall–Kier alpha value is -0.940. The summed E-state index contributed by atoms with van der Waals surface area (Å²) in [7, 11) is 0. The van der Waals surface area contributed by atoms with Gasteiger partial charge in [-0.3, -0.25) is 0 Å². The van der Waals surface area contributed by atoms with Crippen LogP contribution in [-0.4, -0.2) is 29.8 Å². The van der Waals surface area contributed by atoms with Gasteiger partial charge in [0, 0.05) is 12.5 Å². The van der Waals surface area contributed by atoms with Crippen LogP contribution in [0.4, 0.5) is 0 Å². The number of hydrogen-bond acceptors (Lipinski definition) is 5. The Bertz CT molecular complexity index is 374. The normalized spacial score (nSPS) is 30.9. The predicted molar refractivity (Wildman–Crippen MR) is 61.6 cm³/mol. The minimum absolute atomic E-state index is 0.0120. The summed E-state index contributed by atoms with van der Waals surface area (Å²) < 4.78 is 11.0. The van der Waals surface area contributed by atoms with Crippen LogP contribution >= 0.6 is 0 Å². The molecule has 1 aromatic rings. The predicted octanol–water partition coefficient (Wildman–Crippen LogP) is 1.63. The SMILES string of the molecule is CC1CCOC1c1nc(C2CCNCC2)no1. The fourth-order valence-electron chi connectivity index (χ4n) is 2.62. The molecule has 2 saturated heterocycles. The number of rotatable bonds is 2. The number of ether oxygens (including phenoxy) is 1. The summed E-state index contributed by atoms with van der Waals surface area (Å²) in [6.45, 7) is 5.07. The highest BCUT2D eigenvalue weighted by molar-refractivity contribution is 5.00. The maximum atomic E-state index is 5.64. The first-order valence-electron chi connectivity index (χ1n) is 6.50. The Morgan fingerprint density at radius 3 is 2.76 bits per heavy atom. The van der Waals surface area contributed by atoms with Crippen molar-refractivity contribution in [1.82, 2.24) is 15.5 Å². The summed E-state index contributed by atoms with van der Waals surface area (Å²) in [6.07, 6.45) is 3.29. The zero-order valence-electron chi connectivity index (χ0n) is 10.2. The third-order valence-electron chi connectivity index (χ3n) is 3.79. The first-order chi connectivity index (χ1) is 8.34. The molecule has 5 nitrogen and oxygen atoms in total. The molecule has 2 unspecified atom stereocenters. The van der Waals surface area contributed by atoms with Crippen molar-refractivity contribution in [3.63, 3.8) is 0 Å². The van der Waals surface area contributed by atoms with Gasteiger partial charge in [-0.25, -0.2) is 0 Å². The molecule has 0 saturated carbocycles. The highest BCUT2D eigenvalue weighted by atomic mass is 16.5. The Morgan fingerprint density at radius 1 is 1.24 bits per heavy atom. The Kier molecular flexibility index (Phi) is 3.11. The van der Waals surface area contributed by atoms with E-state index in [0.29, 0.717) is 17.7 Å².